The molecule has 2 rings (SSSR count). The van der Waals surface area contributed by atoms with Crippen LogP contribution >= 0.6 is 0 Å². The van der Waals surface area contributed by atoms with Crippen molar-refractivity contribution in [3.05, 3.63) is 0 Å². The molecule has 0 unspecified atom stereocenters. The van der Waals surface area contributed by atoms with Crippen LogP contribution in [0.4, 0.5) is 0 Å². The average Bonchev–Trinajstić information content (AvgIpc) is 2.54. The van der Waals surface area contributed by atoms with E-state index in [2.05, 4.69) is 12.2 Å². The molecule has 0 aromatic rings. The first-order valence-corrected chi connectivity index (χ1v) is 7.17. The van der Waals surface area contributed by atoms with Crippen molar-refractivity contribution < 1.29 is 9.84 Å². The maximum absolute atomic E-state index is 10.6. The van der Waals surface area contributed by atoms with E-state index in [1.54, 1.807) is 0 Å². The molecule has 1 aliphatic carbocycles. The lowest BCUT2D eigenvalue weighted by atomic mass is 9.89. The van der Waals surface area contributed by atoms with Gasteiger partial charge in [0.05, 0.1) is 5.60 Å². The molecule has 3 nitrogen and oxygen atoms in total. The molecule has 1 saturated carbocycles. The van der Waals surface area contributed by atoms with Gasteiger partial charge in [-0.1, -0.05) is 25.7 Å². The van der Waals surface area contributed by atoms with E-state index in [9.17, 15) is 5.11 Å². The Hall–Kier alpha value is -0.120. The van der Waals surface area contributed by atoms with Gasteiger partial charge in [0.15, 0.2) is 0 Å². The fourth-order valence-corrected chi connectivity index (χ4v) is 2.94. The Bertz CT molecular complexity index is 228. The number of rotatable bonds is 3. The first kappa shape index (κ1) is 13.3. The van der Waals surface area contributed by atoms with Gasteiger partial charge in [0, 0.05) is 25.3 Å². The van der Waals surface area contributed by atoms with E-state index in [-0.39, 0.29) is 5.54 Å². The number of nitrogens with one attached hydrogen (secondary N) is 1. The predicted octanol–water partition coefficient (Wildman–Crippen LogP) is 2.23. The lowest BCUT2D eigenvalue weighted by Gasteiger charge is -2.38. The monoisotopic (exact) mass is 241 g/mol. The third kappa shape index (κ3) is 3.94. The van der Waals surface area contributed by atoms with Crippen LogP contribution in [0, 0.1) is 0 Å². The van der Waals surface area contributed by atoms with Crippen molar-refractivity contribution >= 4 is 0 Å². The summed E-state index contributed by atoms with van der Waals surface area (Å²) < 4.78 is 5.40. The fourth-order valence-electron chi connectivity index (χ4n) is 2.94. The van der Waals surface area contributed by atoms with Gasteiger partial charge in [-0.25, -0.2) is 0 Å². The topological polar surface area (TPSA) is 41.5 Å². The number of ether oxygens (including phenoxy) is 1. The molecule has 0 bridgehead atoms. The molecule has 100 valence electrons. The molecule has 17 heavy (non-hydrogen) atoms. The summed E-state index contributed by atoms with van der Waals surface area (Å²) in [4.78, 5) is 0. The molecule has 1 saturated heterocycles. The fraction of sp³-hybridized carbons (Fsp3) is 1.00. The lowest BCUT2D eigenvalue weighted by molar-refractivity contribution is -0.000405. The van der Waals surface area contributed by atoms with Crippen LogP contribution in [-0.2, 0) is 4.74 Å². The van der Waals surface area contributed by atoms with Gasteiger partial charge in [0.1, 0.15) is 0 Å². The number of hydrogen-bond donors (Lipinski definition) is 2. The van der Waals surface area contributed by atoms with Gasteiger partial charge in [-0.3, -0.25) is 0 Å². The molecule has 1 heterocycles. The van der Waals surface area contributed by atoms with Crippen molar-refractivity contribution in [3.8, 4) is 0 Å². The Morgan fingerprint density at radius 3 is 2.18 bits per heavy atom. The number of aliphatic hydroxyl groups is 1. The zero-order valence-electron chi connectivity index (χ0n) is 11.1. The van der Waals surface area contributed by atoms with E-state index in [1.807, 2.05) is 0 Å². The van der Waals surface area contributed by atoms with Crippen molar-refractivity contribution in [3.63, 3.8) is 0 Å². The van der Waals surface area contributed by atoms with E-state index in [4.69, 9.17) is 4.74 Å². The number of β-amino-alcohol motifs (C(OH)–C–C–N with tert-alkyl or cyclic N) is 1. The van der Waals surface area contributed by atoms with Crippen LogP contribution in [0.1, 0.15) is 58.3 Å². The maximum Gasteiger partial charge on any atom is 0.0771 e. The van der Waals surface area contributed by atoms with Crippen LogP contribution in [0.15, 0.2) is 0 Å². The van der Waals surface area contributed by atoms with E-state index in [0.29, 0.717) is 0 Å². The highest BCUT2D eigenvalue weighted by molar-refractivity contribution is 4.91. The summed E-state index contributed by atoms with van der Waals surface area (Å²) in [6, 6.07) is 0. The maximum atomic E-state index is 10.6. The molecule has 0 aromatic heterocycles. The highest BCUT2D eigenvalue weighted by atomic mass is 16.5. The minimum absolute atomic E-state index is 0.167. The van der Waals surface area contributed by atoms with E-state index < -0.39 is 5.60 Å². The minimum atomic E-state index is -0.461. The second kappa shape index (κ2) is 5.68. The molecule has 0 atom stereocenters. The normalized spacial score (nSPS) is 28.6. The van der Waals surface area contributed by atoms with Gasteiger partial charge in [-0.2, -0.15) is 0 Å². The van der Waals surface area contributed by atoms with Gasteiger partial charge >= 0.3 is 0 Å². The summed E-state index contributed by atoms with van der Waals surface area (Å²) in [6.45, 7) is 4.71. The zero-order chi connectivity index (χ0) is 12.2. The summed E-state index contributed by atoms with van der Waals surface area (Å²) in [5.41, 5.74) is -0.294. The average molecular weight is 241 g/mol. The summed E-state index contributed by atoms with van der Waals surface area (Å²) in [5.74, 6) is 0. The van der Waals surface area contributed by atoms with Crippen LogP contribution in [0.2, 0.25) is 0 Å². The van der Waals surface area contributed by atoms with Crippen molar-refractivity contribution in [2.24, 2.45) is 0 Å². The molecule has 2 N–H and O–H groups in total. The Labute approximate surface area is 105 Å². The van der Waals surface area contributed by atoms with E-state index >= 15 is 0 Å². The largest absolute Gasteiger partial charge is 0.389 e. The summed E-state index contributed by atoms with van der Waals surface area (Å²) in [7, 11) is 0. The highest BCUT2D eigenvalue weighted by Crippen LogP contribution is 2.28. The van der Waals surface area contributed by atoms with E-state index in [1.165, 1.54) is 25.7 Å². The smallest absolute Gasteiger partial charge is 0.0771 e. The molecule has 3 heteroatoms. The lowest BCUT2D eigenvalue weighted by Crippen LogP contribution is -2.52. The van der Waals surface area contributed by atoms with Gasteiger partial charge in [-0.15, -0.1) is 0 Å². The van der Waals surface area contributed by atoms with Crippen molar-refractivity contribution in [1.29, 1.82) is 0 Å². The molecule has 0 aromatic carbocycles. The second-order valence-corrected chi connectivity index (χ2v) is 6.17. The van der Waals surface area contributed by atoms with Crippen LogP contribution in [0.5, 0.6) is 0 Å². The van der Waals surface area contributed by atoms with Crippen LogP contribution < -0.4 is 5.32 Å². The van der Waals surface area contributed by atoms with E-state index in [0.717, 1.165) is 45.4 Å². The predicted molar refractivity (Wildman–Crippen MR) is 69.1 cm³/mol. The van der Waals surface area contributed by atoms with Crippen molar-refractivity contribution in [1.82, 2.24) is 5.32 Å². The zero-order valence-corrected chi connectivity index (χ0v) is 11.1. The van der Waals surface area contributed by atoms with Crippen molar-refractivity contribution in [2.45, 2.75) is 69.4 Å². The SMILES string of the molecule is CC1(NCC2(O)CCCCCC2)CCOCC1. The van der Waals surface area contributed by atoms with Gasteiger partial charge in [0.25, 0.3) is 0 Å². The molecule has 0 radical (unpaired) electrons. The summed E-state index contributed by atoms with van der Waals surface area (Å²) in [6.07, 6.45) is 8.97. The highest BCUT2D eigenvalue weighted by Gasteiger charge is 2.33. The molecule has 0 amide bonds. The van der Waals surface area contributed by atoms with Gasteiger partial charge in [0.2, 0.25) is 0 Å². The molecule has 1 aliphatic heterocycles. The third-order valence-electron chi connectivity index (χ3n) is 4.47. The Morgan fingerprint density at radius 1 is 1.00 bits per heavy atom. The van der Waals surface area contributed by atoms with Crippen molar-refractivity contribution in [2.75, 3.05) is 19.8 Å². The second-order valence-electron chi connectivity index (χ2n) is 6.17. The van der Waals surface area contributed by atoms with Gasteiger partial charge in [-0.05, 0) is 32.6 Å². The van der Waals surface area contributed by atoms with Crippen LogP contribution in [0.25, 0.3) is 0 Å². The van der Waals surface area contributed by atoms with Gasteiger partial charge < -0.3 is 15.2 Å². The third-order valence-corrected chi connectivity index (χ3v) is 4.47. The molecule has 2 aliphatic rings. The quantitative estimate of drug-likeness (QED) is 0.745. The molecule has 2 fully saturated rings. The Morgan fingerprint density at radius 2 is 1.59 bits per heavy atom. The van der Waals surface area contributed by atoms with Crippen LogP contribution in [-0.4, -0.2) is 36.0 Å². The van der Waals surface area contributed by atoms with Crippen LogP contribution in [0.3, 0.4) is 0 Å². The number of hydrogen-bond acceptors (Lipinski definition) is 3. The summed E-state index contributed by atoms with van der Waals surface area (Å²) >= 11 is 0. The molecular weight excluding hydrogens is 214 g/mol. The molecular formula is C14H27NO2. The first-order chi connectivity index (χ1) is 8.12. The summed E-state index contributed by atoms with van der Waals surface area (Å²) in [5, 5.41) is 14.2. The minimum Gasteiger partial charge on any atom is -0.389 e. The molecule has 0 spiro atoms. The first-order valence-electron chi connectivity index (χ1n) is 7.17. The Balaban J connectivity index is 1.82. The standard InChI is InChI=1S/C14H27NO2/c1-13(8-10-17-11-9-13)15-12-14(16)6-4-2-3-5-7-14/h15-16H,2-12H2,1H3. The Kier molecular flexibility index (Phi) is 4.45.